The van der Waals surface area contributed by atoms with Gasteiger partial charge < -0.3 is 20.8 Å². The first-order valence-corrected chi connectivity index (χ1v) is 12.2. The van der Waals surface area contributed by atoms with Crippen molar-refractivity contribution in [1.29, 1.82) is 0 Å². The van der Waals surface area contributed by atoms with Crippen molar-refractivity contribution < 1.29 is 10.2 Å². The highest BCUT2D eigenvalue weighted by molar-refractivity contribution is 5.93. The first-order chi connectivity index (χ1) is 17.6. The van der Waals surface area contributed by atoms with Gasteiger partial charge in [0.1, 0.15) is 5.82 Å². The summed E-state index contributed by atoms with van der Waals surface area (Å²) >= 11 is 0. The van der Waals surface area contributed by atoms with Gasteiger partial charge >= 0.3 is 0 Å². The fourth-order valence-corrected chi connectivity index (χ4v) is 4.34. The molecule has 36 heavy (non-hydrogen) atoms. The summed E-state index contributed by atoms with van der Waals surface area (Å²) in [5, 5.41) is 27.9. The summed E-state index contributed by atoms with van der Waals surface area (Å²) in [4.78, 5) is 9.60. The molecule has 1 aliphatic rings. The summed E-state index contributed by atoms with van der Waals surface area (Å²) in [6.07, 6.45) is 2.30. The number of hydrogen-bond acceptors (Lipinski definition) is 6. The van der Waals surface area contributed by atoms with E-state index in [2.05, 4.69) is 47.0 Å². The molecule has 0 spiro atoms. The molecule has 3 aromatic carbocycles. The zero-order valence-electron chi connectivity index (χ0n) is 19.7. The van der Waals surface area contributed by atoms with E-state index < -0.39 is 0 Å². The number of nitrogens with one attached hydrogen (secondary N) is 2. The molecule has 7 heteroatoms. The van der Waals surface area contributed by atoms with Gasteiger partial charge in [0.05, 0.1) is 12.1 Å². The monoisotopic (exact) mass is 477 g/mol. The minimum Gasteiger partial charge on any atom is -0.494 e. The zero-order chi connectivity index (χ0) is 24.5. The van der Waals surface area contributed by atoms with Crippen molar-refractivity contribution in [3.05, 3.63) is 96.1 Å². The van der Waals surface area contributed by atoms with E-state index in [1.165, 1.54) is 22.3 Å². The second kappa shape index (κ2) is 9.26. The highest BCUT2D eigenvalue weighted by Crippen LogP contribution is 2.32. The number of anilines is 2. The van der Waals surface area contributed by atoms with Crippen molar-refractivity contribution in [2.45, 2.75) is 32.0 Å². The van der Waals surface area contributed by atoms with Gasteiger partial charge in [0.2, 0.25) is 5.95 Å². The Kier molecular flexibility index (Phi) is 5.65. The van der Waals surface area contributed by atoms with Crippen molar-refractivity contribution in [2.75, 3.05) is 10.6 Å². The lowest BCUT2D eigenvalue weighted by Gasteiger charge is -2.13. The van der Waals surface area contributed by atoms with E-state index in [1.807, 2.05) is 36.4 Å². The second-order valence-corrected chi connectivity index (χ2v) is 9.22. The summed E-state index contributed by atoms with van der Waals surface area (Å²) in [5.74, 6) is 1.52. The highest BCUT2D eigenvalue weighted by Gasteiger charge is 2.23. The molecule has 0 radical (unpaired) electrons. The number of aromatic hydroxyl groups is 2. The molecule has 2 aromatic heterocycles. The van der Waals surface area contributed by atoms with Crippen LogP contribution in [0.1, 0.15) is 24.0 Å². The highest BCUT2D eigenvalue weighted by atomic mass is 16.3. The third-order valence-corrected chi connectivity index (χ3v) is 6.44. The van der Waals surface area contributed by atoms with Crippen LogP contribution in [0.15, 0.2) is 84.9 Å². The first kappa shape index (κ1) is 22.0. The molecule has 1 saturated carbocycles. The molecule has 180 valence electrons. The fraction of sp³-hybridized carbons (Fsp3) is 0.172. The zero-order valence-corrected chi connectivity index (χ0v) is 19.7. The molecule has 4 N–H and O–H groups in total. The van der Waals surface area contributed by atoms with Crippen molar-refractivity contribution in [2.24, 2.45) is 0 Å². The third kappa shape index (κ3) is 4.68. The smallest absolute Gasteiger partial charge is 0.225 e. The number of hydrogen-bond donors (Lipinski definition) is 4. The lowest BCUT2D eigenvalue weighted by Crippen LogP contribution is -2.09. The molecule has 0 saturated heterocycles. The van der Waals surface area contributed by atoms with Crippen LogP contribution < -0.4 is 10.6 Å². The van der Waals surface area contributed by atoms with Gasteiger partial charge in [-0.3, -0.25) is 4.57 Å². The lowest BCUT2D eigenvalue weighted by atomic mass is 10.0. The third-order valence-electron chi connectivity index (χ3n) is 6.44. The minimum atomic E-state index is 0.0354. The lowest BCUT2D eigenvalue weighted by molar-refractivity contribution is 0.377. The standard InChI is InChI=1S/C29H27N5O2/c35-26-13-14-27(36)34(26)18-20-7-4-8-21(15-20)22-9-12-25-24(16-22)28(31-23-10-11-23)33-29(32-25)30-17-19-5-2-1-3-6-19/h1-9,12-16,23,35-36H,10-11,17-18H2,(H2,30,31,32,33). The summed E-state index contributed by atoms with van der Waals surface area (Å²) in [6, 6.07) is 28.0. The molecule has 2 heterocycles. The first-order valence-electron chi connectivity index (χ1n) is 12.2. The van der Waals surface area contributed by atoms with Crippen LogP contribution in [0.5, 0.6) is 11.8 Å². The molecule has 0 unspecified atom stereocenters. The Morgan fingerprint density at radius 2 is 1.53 bits per heavy atom. The maximum Gasteiger partial charge on any atom is 0.225 e. The van der Waals surface area contributed by atoms with E-state index in [0.717, 1.165) is 46.3 Å². The number of fused-ring (bicyclic) bond motifs is 1. The summed E-state index contributed by atoms with van der Waals surface area (Å²) in [5.41, 5.74) is 5.13. The van der Waals surface area contributed by atoms with Crippen LogP contribution in [0.3, 0.4) is 0 Å². The topological polar surface area (TPSA) is 95.2 Å². The van der Waals surface area contributed by atoms with E-state index in [0.29, 0.717) is 25.1 Å². The molecule has 5 aromatic rings. The number of benzene rings is 3. The Bertz CT molecular complexity index is 1510. The Labute approximate surface area is 209 Å². The second-order valence-electron chi connectivity index (χ2n) is 9.22. The van der Waals surface area contributed by atoms with Crippen molar-refractivity contribution in [3.63, 3.8) is 0 Å². The minimum absolute atomic E-state index is 0.0354. The van der Waals surface area contributed by atoms with E-state index in [-0.39, 0.29) is 11.8 Å². The van der Waals surface area contributed by atoms with Gasteiger partial charge in [0.15, 0.2) is 11.8 Å². The van der Waals surface area contributed by atoms with Gasteiger partial charge in [0, 0.05) is 30.1 Å². The summed E-state index contributed by atoms with van der Waals surface area (Å²) in [7, 11) is 0. The van der Waals surface area contributed by atoms with E-state index >= 15 is 0 Å². The number of nitrogens with zero attached hydrogens (tertiary/aromatic N) is 3. The number of rotatable bonds is 8. The van der Waals surface area contributed by atoms with Gasteiger partial charge in [-0.1, -0.05) is 54.6 Å². The van der Waals surface area contributed by atoms with E-state index in [1.54, 1.807) is 0 Å². The van der Waals surface area contributed by atoms with Crippen LogP contribution in [0.2, 0.25) is 0 Å². The van der Waals surface area contributed by atoms with Gasteiger partial charge in [-0.15, -0.1) is 0 Å². The molecule has 0 aliphatic heterocycles. The van der Waals surface area contributed by atoms with Gasteiger partial charge in [-0.2, -0.15) is 4.98 Å². The van der Waals surface area contributed by atoms with E-state index in [4.69, 9.17) is 9.97 Å². The molecule has 0 amide bonds. The maximum atomic E-state index is 10.0. The molecule has 0 atom stereocenters. The number of aromatic nitrogens is 3. The Morgan fingerprint density at radius 1 is 0.778 bits per heavy atom. The molecule has 7 nitrogen and oxygen atoms in total. The van der Waals surface area contributed by atoms with Crippen LogP contribution in [0.4, 0.5) is 11.8 Å². The van der Waals surface area contributed by atoms with Crippen LogP contribution in [-0.4, -0.2) is 30.8 Å². The fourth-order valence-electron chi connectivity index (χ4n) is 4.34. The Balaban J connectivity index is 1.31. The quantitative estimate of drug-likeness (QED) is 0.228. The molecule has 0 bridgehead atoms. The van der Waals surface area contributed by atoms with Crippen LogP contribution in [0, 0.1) is 0 Å². The molecular formula is C29H27N5O2. The van der Waals surface area contributed by atoms with Crippen molar-refractivity contribution in [1.82, 2.24) is 14.5 Å². The normalized spacial score (nSPS) is 13.1. The largest absolute Gasteiger partial charge is 0.494 e. The average molecular weight is 478 g/mol. The maximum absolute atomic E-state index is 10.0. The Hall–Kier alpha value is -4.52. The predicted octanol–water partition coefficient (Wildman–Crippen LogP) is 5.74. The summed E-state index contributed by atoms with van der Waals surface area (Å²) in [6.45, 7) is 1.03. The van der Waals surface area contributed by atoms with Crippen LogP contribution in [0.25, 0.3) is 22.0 Å². The molecule has 1 fully saturated rings. The SMILES string of the molecule is Oc1ccc(O)n1Cc1cccc(-c2ccc3nc(NCc4ccccc4)nc(NC4CC4)c3c2)c1. The Morgan fingerprint density at radius 3 is 2.31 bits per heavy atom. The summed E-state index contributed by atoms with van der Waals surface area (Å²) < 4.78 is 1.47. The van der Waals surface area contributed by atoms with Crippen molar-refractivity contribution in [3.8, 4) is 22.9 Å². The van der Waals surface area contributed by atoms with Crippen LogP contribution >= 0.6 is 0 Å². The molecule has 1 aliphatic carbocycles. The van der Waals surface area contributed by atoms with Crippen molar-refractivity contribution >= 4 is 22.7 Å². The van der Waals surface area contributed by atoms with Gasteiger partial charge in [-0.05, 0) is 53.3 Å². The van der Waals surface area contributed by atoms with E-state index in [9.17, 15) is 10.2 Å². The van der Waals surface area contributed by atoms with Gasteiger partial charge in [-0.25, -0.2) is 4.98 Å². The average Bonchev–Trinajstić information content (AvgIpc) is 3.68. The molecule has 6 rings (SSSR count). The predicted molar refractivity (Wildman–Crippen MR) is 142 cm³/mol. The molecular weight excluding hydrogens is 450 g/mol. The van der Waals surface area contributed by atoms with Gasteiger partial charge in [0.25, 0.3) is 0 Å². The van der Waals surface area contributed by atoms with Crippen LogP contribution in [-0.2, 0) is 13.1 Å².